The molecule has 1 fully saturated rings. The van der Waals surface area contributed by atoms with Crippen molar-refractivity contribution in [1.82, 2.24) is 20.9 Å². The fourth-order valence-corrected chi connectivity index (χ4v) is 8.90. The van der Waals surface area contributed by atoms with E-state index in [1.54, 1.807) is 50.9 Å². The van der Waals surface area contributed by atoms with Crippen LogP contribution in [0, 0.1) is 30.5 Å². The van der Waals surface area contributed by atoms with E-state index < -0.39 is 40.7 Å². The first kappa shape index (κ1) is 98.5. The Morgan fingerprint density at radius 2 is 1.09 bits per heavy atom. The zero-order chi connectivity index (χ0) is 68.7. The van der Waals surface area contributed by atoms with E-state index in [1.807, 2.05) is 38.7 Å². The van der Waals surface area contributed by atoms with E-state index in [2.05, 4.69) is 52.8 Å². The Balaban J connectivity index is -0.000000335. The number of anilines is 1. The molecule has 0 saturated carbocycles. The van der Waals surface area contributed by atoms with Crippen molar-refractivity contribution < 1.29 is 48.3 Å². The average molecular weight is 1780 g/mol. The maximum absolute atomic E-state index is 11.8. The summed E-state index contributed by atoms with van der Waals surface area (Å²) in [7, 11) is 9.87. The quantitative estimate of drug-likeness (QED) is 0.00966. The van der Waals surface area contributed by atoms with Crippen molar-refractivity contribution in [2.24, 2.45) is 10.7 Å². The van der Waals surface area contributed by atoms with Crippen LogP contribution in [0.3, 0.4) is 0 Å². The van der Waals surface area contributed by atoms with Crippen LogP contribution >= 0.6 is 183 Å². The first-order valence-corrected chi connectivity index (χ1v) is 38.5. The van der Waals surface area contributed by atoms with Gasteiger partial charge in [-0.1, -0.05) is 136 Å². The van der Waals surface area contributed by atoms with Crippen LogP contribution in [-0.2, 0) is 59.6 Å². The van der Waals surface area contributed by atoms with Gasteiger partial charge in [0.2, 0.25) is 11.9 Å². The molecule has 0 spiro atoms. The van der Waals surface area contributed by atoms with Gasteiger partial charge in [-0.3, -0.25) is 50.0 Å². The molecule has 4 aromatic rings. The minimum atomic E-state index is -0.826. The summed E-state index contributed by atoms with van der Waals surface area (Å²) in [6.45, 7) is 16.9. The first-order chi connectivity index (χ1) is 42.1. The number of ether oxygens (including phenoxy) is 3. The predicted molar refractivity (Wildman–Crippen MR) is 397 cm³/mol. The van der Waals surface area contributed by atoms with Gasteiger partial charge in [0.15, 0.2) is 0 Å². The summed E-state index contributed by atoms with van der Waals surface area (Å²) in [5.41, 5.74) is 14.3. The van der Waals surface area contributed by atoms with Crippen molar-refractivity contribution in [2.45, 2.75) is 130 Å². The second kappa shape index (κ2) is 55.8. The summed E-state index contributed by atoms with van der Waals surface area (Å²) in [5.74, 6) is -0.244. The number of carbonyl (C=O) groups excluding carboxylic acids is 4. The molecule has 4 unspecified atom stereocenters. The Kier molecular flexibility index (Phi) is 59.8. The topological polar surface area (TPSA) is 330 Å². The molecule has 0 aromatic heterocycles. The van der Waals surface area contributed by atoms with Gasteiger partial charge in [-0.25, -0.2) is 4.99 Å². The van der Waals surface area contributed by atoms with Crippen LogP contribution in [0.2, 0.25) is 40.2 Å². The number of nitrogen functional groups attached to an aromatic ring is 1. The van der Waals surface area contributed by atoms with Crippen LogP contribution in [0.4, 0.5) is 22.7 Å². The predicted octanol–water partition coefficient (Wildman–Crippen LogP) is 15.3. The van der Waals surface area contributed by atoms with Gasteiger partial charge in [0.05, 0.1) is 93.2 Å². The monoisotopic (exact) mass is 1780 g/mol. The summed E-state index contributed by atoms with van der Waals surface area (Å²) >= 11 is 52.3. The third-order valence-electron chi connectivity index (χ3n) is 11.4. The molecule has 8 N–H and O–H groups in total. The van der Waals surface area contributed by atoms with Crippen molar-refractivity contribution in [3.8, 4) is 4.98 Å². The number of aliphatic hydroxyl groups is 1. The number of rotatable bonds is 19. The van der Waals surface area contributed by atoms with E-state index >= 15 is 0 Å². The summed E-state index contributed by atoms with van der Waals surface area (Å²) in [6.07, 6.45) is 2.62. The number of benzene rings is 4. The molecule has 4 aromatic carbocycles. The van der Waals surface area contributed by atoms with E-state index in [1.165, 1.54) is 24.3 Å². The average Bonchev–Trinajstić information content (AvgIpc) is 1.56. The number of nitro groups is 2. The molecule has 2 heterocycles. The van der Waals surface area contributed by atoms with Crippen LogP contribution in [0.15, 0.2) is 53.5 Å². The van der Waals surface area contributed by atoms with Crippen LogP contribution in [-0.4, -0.2) is 118 Å². The molecule has 2 radical (unpaired) electrons. The molecule has 0 bridgehead atoms. The van der Waals surface area contributed by atoms with Gasteiger partial charge in [-0.15, -0.1) is 0 Å². The molecule has 4 atom stereocenters. The molecule has 92 heavy (non-hydrogen) atoms. The number of halogens is 12. The molecular weight excluding hydrogens is 1710 g/mol. The Morgan fingerprint density at radius 3 is 1.48 bits per heavy atom. The molecule has 0 aliphatic carbocycles. The second-order valence-electron chi connectivity index (χ2n) is 17.0. The normalized spacial score (nSPS) is 12.6. The van der Waals surface area contributed by atoms with E-state index in [-0.39, 0.29) is 144 Å². The number of nitrogens with one attached hydrogen (secondary N) is 3. The van der Waals surface area contributed by atoms with Gasteiger partial charge in [-0.05, 0) is 89.8 Å². The van der Waals surface area contributed by atoms with Gasteiger partial charge in [0, 0.05) is 71.1 Å². The number of hydrogen-bond acceptors (Lipinski definition) is 19. The summed E-state index contributed by atoms with van der Waals surface area (Å²) < 4.78 is 14.6. The number of aliphatic hydroxyl groups excluding tert-OH is 1. The molecular formula is C54H74Br2Cl10N10O12S3Sn. The van der Waals surface area contributed by atoms with Gasteiger partial charge in [-0.2, -0.15) is 45.7 Å². The molecule has 518 valence electrons. The number of aliphatic imine (C=N–C) groups is 1. The van der Waals surface area contributed by atoms with Crippen LogP contribution in [0.5, 0.6) is 0 Å². The van der Waals surface area contributed by atoms with Gasteiger partial charge >= 0.3 is 54.6 Å². The van der Waals surface area contributed by atoms with Crippen LogP contribution in [0.1, 0.15) is 103 Å². The van der Waals surface area contributed by atoms with Crippen molar-refractivity contribution in [3.05, 3.63) is 131 Å². The number of nitriles is 1. The standard InChI is InChI=1S/C13H16Cl2N2O4.C13H18Cl2N2O2.C12H11Cl2N3O.C7H6Cl2N2O2.C6H11BrO2.C2H6O.CBrN.2ClH.3H2S.Sn/c1-3-10(13(18)21-4-2)16-7-8-11(17(19)20)6-5-9(14)12(8)15;1-3-11(13(18)19-4-2)17-7-8-10(16)6-5-9(14)12(8)15;1-2-9-11(18)16-12-15-8-4-3-7(13)10(14)6(8)5-17(9)12;8-5-1-2-6(11(12)13)4(3-10)7(5)9;1-3-5(7)6(8)9-4-2;1-2-3;2-1-3;;;;;;/h5-6,10,16H,3-4,7H2,1-2H3;5-6,11,17H,3-4,7,16H2,1-2H3;3-4,9H,2,5H2,1H3,(H,15,16,18);1-2H,3,10H2;5H,3-4H2,1-2H3;3H,2H2,1H3;;2*1H;3*1H2;/q;;;;;;;;;;;;+2/p-2. The zero-order valence-corrected chi connectivity index (χ0v) is 67.4. The molecule has 2 aliphatic rings. The van der Waals surface area contributed by atoms with Crippen LogP contribution < -0.4 is 27.4 Å². The van der Waals surface area contributed by atoms with Crippen molar-refractivity contribution >= 4 is 254 Å². The zero-order valence-electron chi connectivity index (χ0n) is 50.8. The fraction of sp³-hybridized carbons (Fsp3) is 0.444. The van der Waals surface area contributed by atoms with E-state index in [9.17, 15) is 39.4 Å². The first-order valence-electron chi connectivity index (χ1n) is 26.5. The molecule has 6 rings (SSSR count). The number of esters is 3. The number of amides is 1. The second-order valence-corrected chi connectivity index (χ2v) is 25.8. The number of carbonyl (C=O) groups is 4. The minimum absolute atomic E-state index is 0. The number of nitrogens with two attached hydrogens (primary N) is 2. The number of nitrogens with zero attached hydrogens (tertiary/aromatic N) is 5. The van der Waals surface area contributed by atoms with Crippen molar-refractivity contribution in [2.75, 3.05) is 32.2 Å². The number of hydrogen-bond donors (Lipinski definition) is 6. The van der Waals surface area contributed by atoms with E-state index in [0.29, 0.717) is 76.4 Å². The number of guanidine groups is 1. The molecule has 1 saturated heterocycles. The van der Waals surface area contributed by atoms with Gasteiger partial charge in [0.1, 0.15) is 27.9 Å². The van der Waals surface area contributed by atoms with Crippen LogP contribution in [0.25, 0.3) is 0 Å². The maximum atomic E-state index is 11.8. The molecule has 2 aliphatic heterocycles. The van der Waals surface area contributed by atoms with Gasteiger partial charge < -0.3 is 41.0 Å². The number of alkyl halides is 1. The SMILES string of the molecule is CCC1C(=O)NC2=Nc3ccc(Cl)c(Cl)c3CN21.CCO.CCOC(=O)C(Br)CC.CCOC(=O)C(CC)NCc1c(N)ccc(Cl)c1Cl.CCOC(=O)C(CC)NCc1c([N+](=O)[O-])ccc(Cl)c1Cl.N#CBr.NCc1c([N+](=O)[O-])ccc(Cl)c1Cl.S.S.S.[Cl][Sn][Cl]. The molecule has 1 amide bonds. The number of fused-ring (bicyclic) bond motifs is 2. The van der Waals surface area contributed by atoms with E-state index in [0.717, 1.165) is 24.1 Å². The molecule has 38 heteroatoms. The Labute approximate surface area is 631 Å². The van der Waals surface area contributed by atoms with E-state index in [4.69, 9.17) is 147 Å². The third kappa shape index (κ3) is 34.4. The van der Waals surface area contributed by atoms with Crippen molar-refractivity contribution in [3.63, 3.8) is 0 Å². The molecule has 22 nitrogen and oxygen atoms in total. The summed E-state index contributed by atoms with van der Waals surface area (Å²) in [5, 5.41) is 47.7. The van der Waals surface area contributed by atoms with Crippen molar-refractivity contribution in [1.29, 1.82) is 5.26 Å². The third-order valence-corrected chi connectivity index (χ3v) is 15.8. The summed E-state index contributed by atoms with van der Waals surface area (Å²) in [6, 6.07) is 11.1. The van der Waals surface area contributed by atoms with Gasteiger partial charge in [0.25, 0.3) is 11.4 Å². The fourth-order valence-electron chi connectivity index (χ4n) is 7.14. The number of nitro benzene ring substituents is 2. The summed E-state index contributed by atoms with van der Waals surface area (Å²) in [4.78, 5) is 74.1. The Morgan fingerprint density at radius 1 is 0.717 bits per heavy atom. The Hall–Kier alpha value is -2.13. The Bertz CT molecular complexity index is 3020.